The number of carboxylic acids is 1. The monoisotopic (exact) mass is 200 g/mol. The van der Waals surface area contributed by atoms with Gasteiger partial charge in [0.2, 0.25) is 7.00 Å². The van der Waals surface area contributed by atoms with Crippen LogP contribution in [0.1, 0.15) is 5.69 Å². The summed E-state index contributed by atoms with van der Waals surface area (Å²) in [5.41, 5.74) is 0.447. The van der Waals surface area contributed by atoms with E-state index in [1.165, 1.54) is 6.20 Å². The molecule has 0 aromatic carbocycles. The molecule has 0 amide bonds. The van der Waals surface area contributed by atoms with Gasteiger partial charge in [0.15, 0.2) is 0 Å². The second-order valence-electron chi connectivity index (χ2n) is 1.90. The Balaban J connectivity index is 0.000000310. The van der Waals surface area contributed by atoms with Gasteiger partial charge in [0.25, 0.3) is 0 Å². The van der Waals surface area contributed by atoms with Gasteiger partial charge in [0.1, 0.15) is 0 Å². The molecule has 1 radical (unpaired) electrons. The second-order valence-corrected chi connectivity index (χ2v) is 2.62. The maximum atomic E-state index is 9.98. The number of aliphatic carboxylic acids is 1. The molecular formula is C5H8BN3O3P. The fourth-order valence-electron chi connectivity index (χ4n) is 0.465. The average Bonchev–Trinajstić information content (AvgIpc) is 2.56. The third kappa shape index (κ3) is 7.15. The van der Waals surface area contributed by atoms with Gasteiger partial charge in [-0.2, -0.15) is 15.4 Å². The minimum absolute atomic E-state index is 0.0729. The van der Waals surface area contributed by atoms with Crippen LogP contribution in [0.15, 0.2) is 6.20 Å². The van der Waals surface area contributed by atoms with Crippen LogP contribution in [0.2, 0.25) is 6.82 Å². The zero-order chi connectivity index (χ0) is 10.1. The molecule has 2 N–H and O–H groups in total. The zero-order valence-corrected chi connectivity index (χ0v) is 7.86. The summed E-state index contributed by atoms with van der Waals surface area (Å²) >= 11 is 0. The highest BCUT2D eigenvalue weighted by Crippen LogP contribution is 1.88. The van der Waals surface area contributed by atoms with E-state index < -0.39 is 5.97 Å². The molecule has 0 unspecified atom stereocenters. The quantitative estimate of drug-likeness (QED) is 0.542. The van der Waals surface area contributed by atoms with Crippen LogP contribution in [-0.2, 0) is 15.8 Å². The van der Waals surface area contributed by atoms with E-state index in [2.05, 4.69) is 15.4 Å². The zero-order valence-electron chi connectivity index (χ0n) is 6.97. The van der Waals surface area contributed by atoms with Crippen molar-refractivity contribution in [2.75, 3.05) is 0 Å². The summed E-state index contributed by atoms with van der Waals surface area (Å²) in [6.45, 7) is 3.27. The number of aromatic nitrogens is 3. The van der Waals surface area contributed by atoms with E-state index in [0.717, 1.165) is 0 Å². The van der Waals surface area contributed by atoms with E-state index in [0.29, 0.717) is 5.69 Å². The normalized spacial score (nSPS) is 8.69. The van der Waals surface area contributed by atoms with Crippen LogP contribution in [0.25, 0.3) is 0 Å². The van der Waals surface area contributed by atoms with Gasteiger partial charge in [-0.1, -0.05) is 6.82 Å². The third-order valence-electron chi connectivity index (χ3n) is 0.903. The van der Waals surface area contributed by atoms with Gasteiger partial charge in [0.05, 0.1) is 26.7 Å². The van der Waals surface area contributed by atoms with E-state index in [1.807, 2.05) is 0 Å². The highest BCUT2D eigenvalue weighted by Gasteiger charge is 2.00. The molecular weight excluding hydrogens is 192 g/mol. The number of carbonyl (C=O) groups is 1. The molecule has 1 rings (SSSR count). The molecule has 0 aliphatic carbocycles. The summed E-state index contributed by atoms with van der Waals surface area (Å²) < 4.78 is 9.22. The Morgan fingerprint density at radius 3 is 2.77 bits per heavy atom. The molecule has 0 aliphatic rings. The van der Waals surface area contributed by atoms with Gasteiger partial charge in [0, 0.05) is 0 Å². The number of hydrogen-bond acceptors (Lipinski definition) is 4. The van der Waals surface area contributed by atoms with Crippen molar-refractivity contribution in [3.05, 3.63) is 11.9 Å². The lowest BCUT2D eigenvalue weighted by molar-refractivity contribution is -0.136. The van der Waals surface area contributed by atoms with Crippen LogP contribution in [-0.4, -0.2) is 33.5 Å². The molecule has 0 saturated carbocycles. The van der Waals surface area contributed by atoms with E-state index in [9.17, 15) is 9.36 Å². The lowest BCUT2D eigenvalue weighted by Crippen LogP contribution is -1.99. The van der Waals surface area contributed by atoms with E-state index in [4.69, 9.17) is 5.11 Å². The maximum Gasteiger partial charge on any atom is 0.309 e. The van der Waals surface area contributed by atoms with Crippen molar-refractivity contribution < 1.29 is 14.5 Å². The van der Waals surface area contributed by atoms with Crippen LogP contribution in [0.3, 0.4) is 0 Å². The first-order chi connectivity index (χ1) is 6.20. The number of hydrogen-bond donors (Lipinski definition) is 2. The fourth-order valence-corrected chi connectivity index (χ4v) is 0.465. The van der Waals surface area contributed by atoms with Crippen molar-refractivity contribution in [2.45, 2.75) is 13.2 Å². The Morgan fingerprint density at radius 2 is 2.46 bits per heavy atom. The van der Waals surface area contributed by atoms with E-state index >= 15 is 0 Å². The van der Waals surface area contributed by atoms with Gasteiger partial charge >= 0.3 is 5.97 Å². The number of nitrogens with zero attached hydrogens (tertiary/aromatic N) is 2. The summed E-state index contributed by atoms with van der Waals surface area (Å²) in [4.78, 5) is 9.98. The van der Waals surface area contributed by atoms with Gasteiger partial charge in [-0.3, -0.25) is 9.36 Å². The summed E-state index contributed by atoms with van der Waals surface area (Å²) in [5, 5.41) is 17.5. The predicted octanol–water partition coefficient (Wildman–Crippen LogP) is 0.377. The first-order valence-corrected chi connectivity index (χ1v) is 4.25. The number of carboxylic acid groups (broad SMARTS) is 1. The summed E-state index contributed by atoms with van der Waals surface area (Å²) in [7, 11) is 0.123. The Morgan fingerprint density at radius 1 is 1.85 bits per heavy atom. The van der Waals surface area contributed by atoms with Crippen molar-refractivity contribution in [2.24, 2.45) is 0 Å². The van der Waals surface area contributed by atoms with Gasteiger partial charge in [-0.05, 0) is 0 Å². The Labute approximate surface area is 77.1 Å². The molecule has 0 aliphatic heterocycles. The van der Waals surface area contributed by atoms with Crippen LogP contribution < -0.4 is 0 Å². The molecule has 1 aromatic rings. The highest BCUT2D eigenvalue weighted by atomic mass is 31.1. The minimum atomic E-state index is -0.899. The van der Waals surface area contributed by atoms with Crippen LogP contribution in [0, 0.1) is 0 Å². The molecule has 0 saturated heterocycles. The standard InChI is InChI=1S/C4H5N3O2.CH3BOP/c8-4(9)1-3-2-5-7-6-3;1-2-4-3/h2H,1H2,(H,8,9)(H,5,6,7);1H3. The van der Waals surface area contributed by atoms with Crippen LogP contribution >= 0.6 is 8.34 Å². The average molecular weight is 200 g/mol. The number of H-pyrrole nitrogens is 1. The first-order valence-electron chi connectivity index (χ1n) is 3.37. The summed E-state index contributed by atoms with van der Waals surface area (Å²) in [5.74, 6) is -0.899. The molecule has 0 fully saturated rings. The topological polar surface area (TPSA) is 95.9 Å². The molecule has 0 bridgehead atoms. The predicted molar refractivity (Wildman–Crippen MR) is 46.9 cm³/mol. The second kappa shape index (κ2) is 7.43. The Kier molecular flexibility index (Phi) is 6.73. The lowest BCUT2D eigenvalue weighted by Gasteiger charge is -1.82. The first kappa shape index (κ1) is 11.8. The molecule has 13 heavy (non-hydrogen) atoms. The van der Waals surface area contributed by atoms with E-state index in [1.54, 1.807) is 13.8 Å². The van der Waals surface area contributed by atoms with Gasteiger partial charge in [-0.15, -0.1) is 0 Å². The SMILES string of the molecule is C[B]P=O.O=C(O)Cc1cn[nH]n1. The van der Waals surface area contributed by atoms with Crippen LogP contribution in [0.5, 0.6) is 0 Å². The number of nitrogens with one attached hydrogen (secondary N) is 1. The number of aromatic amines is 1. The van der Waals surface area contributed by atoms with E-state index in [-0.39, 0.29) is 14.8 Å². The molecule has 1 heterocycles. The number of rotatable bonds is 3. The van der Waals surface area contributed by atoms with Crippen molar-refractivity contribution >= 4 is 21.3 Å². The molecule has 0 spiro atoms. The van der Waals surface area contributed by atoms with Crippen molar-refractivity contribution in [1.82, 2.24) is 15.4 Å². The molecule has 69 valence electrons. The molecule has 0 atom stereocenters. The Hall–Kier alpha value is -1.23. The molecule has 8 heteroatoms. The fraction of sp³-hybridized carbons (Fsp3) is 0.400. The van der Waals surface area contributed by atoms with Gasteiger partial charge < -0.3 is 5.11 Å². The largest absolute Gasteiger partial charge is 0.481 e. The smallest absolute Gasteiger partial charge is 0.309 e. The highest BCUT2D eigenvalue weighted by molar-refractivity contribution is 7.60. The summed E-state index contributed by atoms with van der Waals surface area (Å²) in [6.07, 6.45) is 1.31. The van der Waals surface area contributed by atoms with Crippen molar-refractivity contribution in [3.63, 3.8) is 0 Å². The van der Waals surface area contributed by atoms with Crippen LogP contribution in [0.4, 0.5) is 0 Å². The Bertz CT molecular complexity index is 254. The van der Waals surface area contributed by atoms with Crippen molar-refractivity contribution in [3.8, 4) is 0 Å². The van der Waals surface area contributed by atoms with Crippen molar-refractivity contribution in [1.29, 1.82) is 0 Å². The maximum absolute atomic E-state index is 9.98. The lowest BCUT2D eigenvalue weighted by atomic mass is 10.2. The van der Waals surface area contributed by atoms with Gasteiger partial charge in [-0.25, -0.2) is 0 Å². The minimum Gasteiger partial charge on any atom is -0.481 e. The molecule has 6 nitrogen and oxygen atoms in total. The molecule has 1 aromatic heterocycles. The third-order valence-corrected chi connectivity index (χ3v) is 1.11. The summed E-state index contributed by atoms with van der Waals surface area (Å²) in [6, 6.07) is 0.